The summed E-state index contributed by atoms with van der Waals surface area (Å²) in [6.45, 7) is 6.55. The molecule has 1 fully saturated rings. The second-order valence-electron chi connectivity index (χ2n) is 14.4. The number of carbonyl (C=O) groups is 1. The molecule has 1 amide bonds. The maximum atomic E-state index is 12.4. The predicted molar refractivity (Wildman–Crippen MR) is 187 cm³/mol. The van der Waals surface area contributed by atoms with E-state index in [1.807, 2.05) is 11.9 Å². The first-order valence-corrected chi connectivity index (χ1v) is 19.0. The lowest BCUT2D eigenvalue weighted by Crippen LogP contribution is -2.28. The molecule has 0 spiro atoms. The fourth-order valence-corrected chi connectivity index (χ4v) is 6.60. The van der Waals surface area contributed by atoms with Crippen LogP contribution in [-0.2, 0) is 4.79 Å². The molecule has 3 nitrogen and oxygen atoms in total. The molecule has 42 heavy (non-hydrogen) atoms. The molecule has 3 heteroatoms. The van der Waals surface area contributed by atoms with Gasteiger partial charge in [0.15, 0.2) is 0 Å². The molecule has 0 bridgehead atoms. The lowest BCUT2D eigenvalue weighted by Gasteiger charge is -2.19. The van der Waals surface area contributed by atoms with E-state index in [9.17, 15) is 4.79 Å². The molecule has 0 aromatic rings. The van der Waals surface area contributed by atoms with Gasteiger partial charge in [0.2, 0.25) is 5.91 Å². The van der Waals surface area contributed by atoms with Gasteiger partial charge in [0, 0.05) is 20.0 Å². The van der Waals surface area contributed by atoms with Crippen molar-refractivity contribution in [3.05, 3.63) is 11.6 Å². The van der Waals surface area contributed by atoms with E-state index in [0.717, 1.165) is 19.5 Å². The zero-order chi connectivity index (χ0) is 30.7. The average molecular weight is 589 g/mol. The topological polar surface area (TPSA) is 23.6 Å². The largest absolute Gasteiger partial charge is 0.346 e. The average Bonchev–Trinajstić information content (AvgIpc) is 3.75. The standard InChI is InChI=1S/C39H76N2O/c1-6-8-10-12-14-16-18-20-27-37(28-21-19-17-15-13-11-9-7-2)29-22-23-31-39(33-34-39)32-24-25-36-41(5)38(42)30-26-35-40(3)4/h29H,6-28,30-36H2,1-5H3. The first kappa shape index (κ1) is 39.2. The summed E-state index contributed by atoms with van der Waals surface area (Å²) in [5.74, 6) is 0.319. The lowest BCUT2D eigenvalue weighted by molar-refractivity contribution is -0.130. The Morgan fingerprint density at radius 2 is 1.07 bits per heavy atom. The van der Waals surface area contributed by atoms with Crippen LogP contribution in [-0.4, -0.2) is 49.9 Å². The zero-order valence-electron chi connectivity index (χ0n) is 29.6. The monoisotopic (exact) mass is 589 g/mol. The van der Waals surface area contributed by atoms with Gasteiger partial charge in [-0.25, -0.2) is 0 Å². The van der Waals surface area contributed by atoms with Crippen molar-refractivity contribution < 1.29 is 4.79 Å². The van der Waals surface area contributed by atoms with Gasteiger partial charge in [0.05, 0.1) is 0 Å². The maximum absolute atomic E-state index is 12.4. The minimum absolute atomic E-state index is 0.319. The molecule has 0 unspecified atom stereocenters. The van der Waals surface area contributed by atoms with Gasteiger partial charge in [-0.1, -0.05) is 122 Å². The highest BCUT2D eigenvalue weighted by Crippen LogP contribution is 2.53. The third-order valence-corrected chi connectivity index (χ3v) is 9.88. The Hall–Kier alpha value is -0.830. The zero-order valence-corrected chi connectivity index (χ0v) is 29.6. The van der Waals surface area contributed by atoms with Gasteiger partial charge in [-0.05, 0) is 103 Å². The normalized spacial score (nSPS) is 14.0. The molecule has 0 aromatic heterocycles. The van der Waals surface area contributed by atoms with Crippen LogP contribution >= 0.6 is 0 Å². The van der Waals surface area contributed by atoms with E-state index in [-0.39, 0.29) is 0 Å². The van der Waals surface area contributed by atoms with Crippen molar-refractivity contribution in [1.82, 2.24) is 9.80 Å². The quantitative estimate of drug-likeness (QED) is 0.0594. The predicted octanol–water partition coefficient (Wildman–Crippen LogP) is 11.9. The van der Waals surface area contributed by atoms with E-state index in [0.29, 0.717) is 17.7 Å². The van der Waals surface area contributed by atoms with Crippen LogP contribution in [0.1, 0.15) is 194 Å². The Balaban J connectivity index is 2.29. The van der Waals surface area contributed by atoms with Crippen molar-refractivity contribution in [1.29, 1.82) is 0 Å². The van der Waals surface area contributed by atoms with Crippen LogP contribution in [0.15, 0.2) is 11.6 Å². The lowest BCUT2D eigenvalue weighted by atomic mass is 9.92. The molecular weight excluding hydrogens is 512 g/mol. The molecule has 248 valence electrons. The number of rotatable bonds is 31. The summed E-state index contributed by atoms with van der Waals surface area (Å²) in [6.07, 6.45) is 40.6. The van der Waals surface area contributed by atoms with Crippen LogP contribution in [0.25, 0.3) is 0 Å². The summed E-state index contributed by atoms with van der Waals surface area (Å²) >= 11 is 0. The number of nitrogens with zero attached hydrogens (tertiary/aromatic N) is 2. The van der Waals surface area contributed by atoms with E-state index in [2.05, 4.69) is 38.9 Å². The molecule has 1 rings (SSSR count). The van der Waals surface area contributed by atoms with Gasteiger partial charge in [-0.15, -0.1) is 0 Å². The fraction of sp³-hybridized carbons (Fsp3) is 0.923. The smallest absolute Gasteiger partial charge is 0.222 e. The van der Waals surface area contributed by atoms with Crippen molar-refractivity contribution in [2.45, 2.75) is 194 Å². The molecular formula is C39H76N2O. The highest BCUT2D eigenvalue weighted by molar-refractivity contribution is 5.75. The second kappa shape index (κ2) is 26.6. The van der Waals surface area contributed by atoms with Crippen LogP contribution < -0.4 is 0 Å². The van der Waals surface area contributed by atoms with Crippen molar-refractivity contribution in [2.24, 2.45) is 5.41 Å². The number of allylic oxidation sites excluding steroid dienone is 2. The van der Waals surface area contributed by atoms with Gasteiger partial charge in [-0.3, -0.25) is 4.79 Å². The molecule has 0 aliphatic heterocycles. The molecule has 0 aromatic carbocycles. The Morgan fingerprint density at radius 3 is 1.57 bits per heavy atom. The van der Waals surface area contributed by atoms with E-state index in [1.54, 1.807) is 5.57 Å². The van der Waals surface area contributed by atoms with E-state index >= 15 is 0 Å². The minimum Gasteiger partial charge on any atom is -0.346 e. The van der Waals surface area contributed by atoms with Crippen LogP contribution in [0, 0.1) is 5.41 Å². The highest BCUT2D eigenvalue weighted by Gasteiger charge is 2.40. The Bertz CT molecular complexity index is 629. The van der Waals surface area contributed by atoms with Crippen LogP contribution in [0.2, 0.25) is 0 Å². The number of hydrogen-bond donors (Lipinski definition) is 0. The Kier molecular flexibility index (Phi) is 24.8. The first-order valence-electron chi connectivity index (χ1n) is 19.0. The summed E-state index contributed by atoms with van der Waals surface area (Å²) in [6, 6.07) is 0. The molecule has 0 N–H and O–H groups in total. The third-order valence-electron chi connectivity index (χ3n) is 9.88. The molecule has 1 saturated carbocycles. The van der Waals surface area contributed by atoms with Crippen LogP contribution in [0.3, 0.4) is 0 Å². The summed E-state index contributed by atoms with van der Waals surface area (Å²) in [5, 5.41) is 0. The van der Waals surface area contributed by atoms with E-state index in [1.165, 1.54) is 167 Å². The minimum atomic E-state index is 0.319. The number of amides is 1. The Morgan fingerprint density at radius 1 is 0.571 bits per heavy atom. The van der Waals surface area contributed by atoms with Gasteiger partial charge in [0.1, 0.15) is 0 Å². The van der Waals surface area contributed by atoms with Gasteiger partial charge >= 0.3 is 0 Å². The number of hydrogen-bond acceptors (Lipinski definition) is 2. The first-order chi connectivity index (χ1) is 20.4. The van der Waals surface area contributed by atoms with E-state index in [4.69, 9.17) is 0 Å². The molecule has 0 radical (unpaired) electrons. The maximum Gasteiger partial charge on any atom is 0.222 e. The second-order valence-corrected chi connectivity index (χ2v) is 14.4. The van der Waals surface area contributed by atoms with Crippen molar-refractivity contribution in [2.75, 3.05) is 34.2 Å². The van der Waals surface area contributed by atoms with E-state index < -0.39 is 0 Å². The van der Waals surface area contributed by atoms with Crippen LogP contribution in [0.5, 0.6) is 0 Å². The molecule has 0 heterocycles. The Labute approximate surface area is 265 Å². The fourth-order valence-electron chi connectivity index (χ4n) is 6.60. The van der Waals surface area contributed by atoms with Crippen molar-refractivity contribution in [3.63, 3.8) is 0 Å². The van der Waals surface area contributed by atoms with Gasteiger partial charge < -0.3 is 9.80 Å². The molecule has 0 saturated heterocycles. The summed E-state index contributed by atoms with van der Waals surface area (Å²) in [4.78, 5) is 16.5. The summed E-state index contributed by atoms with van der Waals surface area (Å²) in [7, 11) is 6.15. The van der Waals surface area contributed by atoms with Crippen molar-refractivity contribution >= 4 is 5.91 Å². The van der Waals surface area contributed by atoms with Gasteiger partial charge in [-0.2, -0.15) is 0 Å². The number of carbonyl (C=O) groups excluding carboxylic acids is 1. The molecule has 1 aliphatic rings. The highest BCUT2D eigenvalue weighted by atomic mass is 16.2. The third kappa shape index (κ3) is 22.7. The molecule has 0 atom stereocenters. The summed E-state index contributed by atoms with van der Waals surface area (Å²) < 4.78 is 0. The van der Waals surface area contributed by atoms with Gasteiger partial charge in [0.25, 0.3) is 0 Å². The number of unbranched alkanes of at least 4 members (excludes halogenated alkanes) is 16. The van der Waals surface area contributed by atoms with Crippen LogP contribution in [0.4, 0.5) is 0 Å². The summed E-state index contributed by atoms with van der Waals surface area (Å²) in [5.41, 5.74) is 2.44. The molecule has 1 aliphatic carbocycles. The van der Waals surface area contributed by atoms with Crippen molar-refractivity contribution in [3.8, 4) is 0 Å². The SMILES string of the molecule is CCCCCCCCCCC(=CCCCC1(CCCCN(C)C(=O)CCCN(C)C)CC1)CCCCCCCCCC.